The highest BCUT2D eigenvalue weighted by molar-refractivity contribution is 5.69. The molecule has 0 amide bonds. The van der Waals surface area contributed by atoms with Crippen LogP contribution in [-0.2, 0) is 14.3 Å². The number of unbranched alkanes of at least 4 members (excludes halogenated alkanes) is 10. The molecule has 0 aromatic carbocycles. The molecule has 0 fully saturated rings. The van der Waals surface area contributed by atoms with Gasteiger partial charge < -0.3 is 9.84 Å². The number of ether oxygens (including phenoxy) is 1. The van der Waals surface area contributed by atoms with Crippen LogP contribution in [0.5, 0.6) is 0 Å². The molecule has 0 bridgehead atoms. The van der Waals surface area contributed by atoms with Gasteiger partial charge in [0.25, 0.3) is 0 Å². The summed E-state index contributed by atoms with van der Waals surface area (Å²) in [4.78, 5) is 22.5. The van der Waals surface area contributed by atoms with Crippen molar-refractivity contribution in [2.75, 3.05) is 0 Å². The monoisotopic (exact) mass is 370 g/mol. The summed E-state index contributed by atoms with van der Waals surface area (Å²) < 4.78 is 5.74. The number of carbonyl (C=O) groups excluding carboxylic acids is 1. The Balaban J connectivity index is 3.91. The number of rotatable bonds is 19. The Hall–Kier alpha value is -1.06. The van der Waals surface area contributed by atoms with Gasteiger partial charge in [0.2, 0.25) is 0 Å². The Kier molecular flexibility index (Phi) is 18.0. The van der Waals surface area contributed by atoms with Crippen molar-refractivity contribution in [3.63, 3.8) is 0 Å². The first-order valence-corrected chi connectivity index (χ1v) is 11.0. The molecule has 0 aliphatic rings. The first-order chi connectivity index (χ1) is 12.6. The van der Waals surface area contributed by atoms with Crippen LogP contribution in [0.2, 0.25) is 0 Å². The van der Waals surface area contributed by atoms with Gasteiger partial charge in [0.1, 0.15) is 6.10 Å². The lowest BCUT2D eigenvalue weighted by molar-refractivity contribution is -0.150. The first-order valence-electron chi connectivity index (χ1n) is 11.0. The molecular formula is C22H42O4. The third-order valence-corrected chi connectivity index (χ3v) is 4.83. The number of carboxylic acids is 1. The van der Waals surface area contributed by atoms with Crippen LogP contribution >= 0.6 is 0 Å². The second kappa shape index (κ2) is 18.7. The van der Waals surface area contributed by atoms with Crippen LogP contribution in [0, 0.1) is 0 Å². The zero-order chi connectivity index (χ0) is 19.5. The SMILES string of the molecule is CCCCCCC(CCCCCCCCC(=O)O)OC(=O)CCCCC. The van der Waals surface area contributed by atoms with Crippen molar-refractivity contribution in [3.8, 4) is 0 Å². The maximum Gasteiger partial charge on any atom is 0.306 e. The van der Waals surface area contributed by atoms with Gasteiger partial charge in [-0.15, -0.1) is 0 Å². The van der Waals surface area contributed by atoms with E-state index in [1.165, 1.54) is 19.3 Å². The second-order valence-corrected chi connectivity index (χ2v) is 7.47. The minimum atomic E-state index is -0.698. The Labute approximate surface area is 161 Å². The molecule has 0 saturated carbocycles. The van der Waals surface area contributed by atoms with Crippen LogP contribution < -0.4 is 0 Å². The Morgan fingerprint density at radius 3 is 1.73 bits per heavy atom. The van der Waals surface area contributed by atoms with Crippen molar-refractivity contribution in [2.24, 2.45) is 0 Å². The smallest absolute Gasteiger partial charge is 0.306 e. The number of hydrogen-bond acceptors (Lipinski definition) is 3. The highest BCUT2D eigenvalue weighted by atomic mass is 16.5. The molecule has 26 heavy (non-hydrogen) atoms. The van der Waals surface area contributed by atoms with Crippen LogP contribution in [0.15, 0.2) is 0 Å². The molecule has 0 aliphatic carbocycles. The highest BCUT2D eigenvalue weighted by Crippen LogP contribution is 2.17. The fourth-order valence-corrected chi connectivity index (χ4v) is 3.18. The van der Waals surface area contributed by atoms with E-state index in [2.05, 4.69) is 13.8 Å². The molecule has 0 aromatic rings. The standard InChI is InChI=1S/C22H42O4/c1-3-5-7-13-16-20(26-22(25)19-12-6-4-2)17-14-10-8-9-11-15-18-21(23)24/h20H,3-19H2,1-2H3,(H,23,24). The molecule has 0 heterocycles. The summed E-state index contributed by atoms with van der Waals surface area (Å²) in [6.45, 7) is 4.35. The minimum Gasteiger partial charge on any atom is -0.481 e. The van der Waals surface area contributed by atoms with Gasteiger partial charge in [0.05, 0.1) is 0 Å². The van der Waals surface area contributed by atoms with Crippen molar-refractivity contribution in [3.05, 3.63) is 0 Å². The van der Waals surface area contributed by atoms with Gasteiger partial charge in [-0.3, -0.25) is 9.59 Å². The van der Waals surface area contributed by atoms with E-state index >= 15 is 0 Å². The maximum atomic E-state index is 12.0. The van der Waals surface area contributed by atoms with E-state index in [1.54, 1.807) is 0 Å². The summed E-state index contributed by atoms with van der Waals surface area (Å²) in [7, 11) is 0. The quantitative estimate of drug-likeness (QED) is 0.204. The number of esters is 1. The third kappa shape index (κ3) is 17.8. The molecular weight excluding hydrogens is 328 g/mol. The molecule has 1 unspecified atom stereocenters. The van der Waals surface area contributed by atoms with E-state index in [1.807, 2.05) is 0 Å². The lowest BCUT2D eigenvalue weighted by atomic mass is 10.0. The summed E-state index contributed by atoms with van der Waals surface area (Å²) in [5.41, 5.74) is 0. The fourth-order valence-electron chi connectivity index (χ4n) is 3.18. The van der Waals surface area contributed by atoms with Crippen LogP contribution in [0.4, 0.5) is 0 Å². The van der Waals surface area contributed by atoms with Gasteiger partial charge >= 0.3 is 11.9 Å². The average molecular weight is 371 g/mol. The van der Waals surface area contributed by atoms with Crippen LogP contribution in [0.3, 0.4) is 0 Å². The zero-order valence-corrected chi connectivity index (χ0v) is 17.3. The summed E-state index contributed by atoms with van der Waals surface area (Å²) in [6, 6.07) is 0. The highest BCUT2D eigenvalue weighted by Gasteiger charge is 2.14. The van der Waals surface area contributed by atoms with E-state index in [-0.39, 0.29) is 18.5 Å². The number of hydrogen-bond donors (Lipinski definition) is 1. The molecule has 0 aliphatic heterocycles. The molecule has 4 nitrogen and oxygen atoms in total. The van der Waals surface area contributed by atoms with Crippen LogP contribution in [0.25, 0.3) is 0 Å². The Morgan fingerprint density at radius 2 is 1.15 bits per heavy atom. The van der Waals surface area contributed by atoms with Gasteiger partial charge in [0.15, 0.2) is 0 Å². The van der Waals surface area contributed by atoms with Gasteiger partial charge in [-0.1, -0.05) is 71.6 Å². The molecule has 4 heteroatoms. The Bertz CT molecular complexity index is 341. The van der Waals surface area contributed by atoms with Crippen molar-refractivity contribution in [2.45, 2.75) is 129 Å². The molecule has 154 valence electrons. The van der Waals surface area contributed by atoms with E-state index in [0.717, 1.165) is 77.0 Å². The average Bonchev–Trinajstić information content (AvgIpc) is 2.60. The fraction of sp³-hybridized carbons (Fsp3) is 0.909. The molecule has 0 spiro atoms. The predicted octanol–water partition coefficient (Wildman–Crippen LogP) is 6.65. The summed E-state index contributed by atoms with van der Waals surface area (Å²) in [5.74, 6) is -0.718. The van der Waals surface area contributed by atoms with Crippen molar-refractivity contribution in [1.29, 1.82) is 0 Å². The third-order valence-electron chi connectivity index (χ3n) is 4.83. The molecule has 0 saturated heterocycles. The van der Waals surface area contributed by atoms with Crippen molar-refractivity contribution < 1.29 is 19.4 Å². The molecule has 0 radical (unpaired) electrons. The largest absolute Gasteiger partial charge is 0.481 e. The van der Waals surface area contributed by atoms with Crippen LogP contribution in [0.1, 0.15) is 123 Å². The lowest BCUT2D eigenvalue weighted by Gasteiger charge is -2.18. The predicted molar refractivity (Wildman–Crippen MR) is 107 cm³/mol. The second-order valence-electron chi connectivity index (χ2n) is 7.47. The topological polar surface area (TPSA) is 63.6 Å². The molecule has 1 atom stereocenters. The van der Waals surface area contributed by atoms with Crippen molar-refractivity contribution in [1.82, 2.24) is 0 Å². The van der Waals surface area contributed by atoms with Gasteiger partial charge in [-0.05, 0) is 38.5 Å². The Morgan fingerprint density at radius 1 is 0.692 bits per heavy atom. The summed E-state index contributed by atoms with van der Waals surface area (Å²) in [5, 5.41) is 8.62. The van der Waals surface area contributed by atoms with E-state index in [0.29, 0.717) is 6.42 Å². The van der Waals surface area contributed by atoms with E-state index < -0.39 is 5.97 Å². The zero-order valence-electron chi connectivity index (χ0n) is 17.3. The number of aliphatic carboxylic acids is 1. The first kappa shape index (κ1) is 24.9. The summed E-state index contributed by atoms with van der Waals surface area (Å²) >= 11 is 0. The molecule has 1 N–H and O–H groups in total. The normalized spacial score (nSPS) is 12.1. The lowest BCUT2D eigenvalue weighted by Crippen LogP contribution is -2.18. The van der Waals surface area contributed by atoms with Gasteiger partial charge in [-0.2, -0.15) is 0 Å². The number of carboxylic acid groups (broad SMARTS) is 1. The molecule has 0 aromatic heterocycles. The molecule has 0 rings (SSSR count). The minimum absolute atomic E-state index is 0.0207. The van der Waals surface area contributed by atoms with E-state index in [9.17, 15) is 9.59 Å². The van der Waals surface area contributed by atoms with Gasteiger partial charge in [-0.25, -0.2) is 0 Å². The maximum absolute atomic E-state index is 12.0. The van der Waals surface area contributed by atoms with E-state index in [4.69, 9.17) is 9.84 Å². The van der Waals surface area contributed by atoms with Crippen LogP contribution in [-0.4, -0.2) is 23.1 Å². The van der Waals surface area contributed by atoms with Crippen molar-refractivity contribution >= 4 is 11.9 Å². The summed E-state index contributed by atoms with van der Waals surface area (Å²) in [6.07, 6.45) is 17.2. The number of carbonyl (C=O) groups is 2. The van der Waals surface area contributed by atoms with Gasteiger partial charge in [0, 0.05) is 12.8 Å².